The highest BCUT2D eigenvalue weighted by Gasteiger charge is 2.19. The van der Waals surface area contributed by atoms with E-state index < -0.39 is 0 Å². The molecule has 1 aliphatic carbocycles. The van der Waals surface area contributed by atoms with Crippen molar-refractivity contribution in [3.05, 3.63) is 28.9 Å². The van der Waals surface area contributed by atoms with Crippen LogP contribution in [-0.2, 0) is 6.54 Å². The fourth-order valence-corrected chi connectivity index (χ4v) is 4.79. The zero-order valence-corrected chi connectivity index (χ0v) is 17.0. The van der Waals surface area contributed by atoms with Gasteiger partial charge in [-0.15, -0.1) is 11.3 Å². The second-order valence-electron chi connectivity index (χ2n) is 6.89. The number of aromatic nitrogens is 3. The van der Waals surface area contributed by atoms with Gasteiger partial charge in [-0.05, 0) is 24.8 Å². The Morgan fingerprint density at radius 2 is 1.92 bits per heavy atom. The highest BCUT2D eigenvalue weighted by molar-refractivity contribution is 7.25. The minimum absolute atomic E-state index is 0.0817. The first-order valence-corrected chi connectivity index (χ1v) is 10.4. The van der Waals surface area contributed by atoms with Crippen LogP contribution in [0, 0.1) is 5.92 Å². The van der Waals surface area contributed by atoms with Crippen LogP contribution in [0.25, 0.3) is 20.4 Å². The van der Waals surface area contributed by atoms with E-state index in [9.17, 15) is 4.79 Å². The van der Waals surface area contributed by atoms with Crippen LogP contribution in [-0.4, -0.2) is 28.6 Å². The Bertz CT molecular complexity index is 938. The summed E-state index contributed by atoms with van der Waals surface area (Å²) >= 11 is 1.46. The molecule has 0 saturated heterocycles. The highest BCUT2D eigenvalue weighted by Crippen LogP contribution is 2.35. The molecule has 3 heterocycles. The molecule has 0 amide bonds. The number of fused-ring (bicyclic) bond motifs is 3. The van der Waals surface area contributed by atoms with Crippen molar-refractivity contribution in [3.8, 4) is 0 Å². The van der Waals surface area contributed by atoms with Crippen molar-refractivity contribution in [1.82, 2.24) is 14.5 Å². The van der Waals surface area contributed by atoms with Crippen molar-refractivity contribution in [1.29, 1.82) is 0 Å². The summed E-state index contributed by atoms with van der Waals surface area (Å²) in [5.74, 6) is 0.612. The summed E-state index contributed by atoms with van der Waals surface area (Å²) in [4.78, 5) is 25.0. The Morgan fingerprint density at radius 1 is 1.19 bits per heavy atom. The van der Waals surface area contributed by atoms with Crippen molar-refractivity contribution < 1.29 is 0 Å². The topological polar surface area (TPSA) is 51.0 Å². The molecule has 0 unspecified atom stereocenters. The van der Waals surface area contributed by atoms with E-state index in [2.05, 4.69) is 9.97 Å². The van der Waals surface area contributed by atoms with Crippen LogP contribution in [0.3, 0.4) is 0 Å². The molecular formula is C20H28N4OS. The van der Waals surface area contributed by atoms with Crippen LogP contribution < -0.4 is 10.5 Å². The third kappa shape index (κ3) is 3.47. The molecule has 0 aromatic carbocycles. The lowest BCUT2D eigenvalue weighted by molar-refractivity contribution is 0.315. The van der Waals surface area contributed by atoms with E-state index in [1.54, 1.807) is 12.5 Å². The molecule has 3 aromatic rings. The third-order valence-corrected chi connectivity index (χ3v) is 6.06. The summed E-state index contributed by atoms with van der Waals surface area (Å²) < 4.78 is 2.54. The maximum Gasteiger partial charge on any atom is 0.271 e. The average molecular weight is 373 g/mol. The van der Waals surface area contributed by atoms with Gasteiger partial charge in [-0.3, -0.25) is 9.36 Å². The number of anilines is 1. The van der Waals surface area contributed by atoms with Gasteiger partial charge >= 0.3 is 0 Å². The van der Waals surface area contributed by atoms with Crippen molar-refractivity contribution in [3.63, 3.8) is 0 Å². The predicted molar refractivity (Wildman–Crippen MR) is 111 cm³/mol. The van der Waals surface area contributed by atoms with Crippen molar-refractivity contribution in [2.45, 2.75) is 52.5 Å². The van der Waals surface area contributed by atoms with Gasteiger partial charge in [-0.2, -0.15) is 0 Å². The standard InChI is InChI=1S/C18H22N4OS.C2H6/c1-21(2)13-8-9-19-17-14(13)15-16(24-17)18(23)22(11-20-15)10-12-6-4-3-5-7-12;1-2/h8-9,11-12H,3-7,10H2,1-2H3;1-2H3. The van der Waals surface area contributed by atoms with Gasteiger partial charge in [-0.25, -0.2) is 9.97 Å². The maximum atomic E-state index is 12.9. The first-order valence-electron chi connectivity index (χ1n) is 9.59. The van der Waals surface area contributed by atoms with Crippen LogP contribution >= 0.6 is 11.3 Å². The van der Waals surface area contributed by atoms with Crippen LogP contribution in [0.15, 0.2) is 23.4 Å². The number of rotatable bonds is 3. The zero-order chi connectivity index (χ0) is 18.7. The molecule has 6 heteroatoms. The smallest absolute Gasteiger partial charge is 0.271 e. The second-order valence-corrected chi connectivity index (χ2v) is 7.89. The molecular weight excluding hydrogens is 344 g/mol. The van der Waals surface area contributed by atoms with Gasteiger partial charge in [-0.1, -0.05) is 33.1 Å². The molecule has 4 rings (SSSR count). The third-order valence-electron chi connectivity index (χ3n) is 4.99. The number of hydrogen-bond donors (Lipinski definition) is 0. The average Bonchev–Trinajstić information content (AvgIpc) is 3.06. The van der Waals surface area contributed by atoms with Gasteiger partial charge in [0.25, 0.3) is 5.56 Å². The van der Waals surface area contributed by atoms with E-state index >= 15 is 0 Å². The minimum atomic E-state index is 0.0817. The Balaban J connectivity index is 0.000000948. The largest absolute Gasteiger partial charge is 0.377 e. The lowest BCUT2D eigenvalue weighted by Gasteiger charge is -2.22. The summed E-state index contributed by atoms with van der Waals surface area (Å²) in [6.07, 6.45) is 9.89. The SMILES string of the molecule is CC.CN(C)c1ccnc2sc3c(=O)n(CC4CCCCC4)cnc3c12. The summed E-state index contributed by atoms with van der Waals surface area (Å²) in [6.45, 7) is 4.80. The molecule has 3 aromatic heterocycles. The van der Waals surface area contributed by atoms with E-state index in [0.29, 0.717) is 5.92 Å². The molecule has 26 heavy (non-hydrogen) atoms. The van der Waals surface area contributed by atoms with Crippen LogP contribution in [0.2, 0.25) is 0 Å². The van der Waals surface area contributed by atoms with Crippen LogP contribution in [0.1, 0.15) is 46.0 Å². The monoisotopic (exact) mass is 372 g/mol. The fraction of sp³-hybridized carbons (Fsp3) is 0.550. The van der Waals surface area contributed by atoms with Gasteiger partial charge in [0.05, 0.1) is 22.9 Å². The van der Waals surface area contributed by atoms with Gasteiger partial charge in [0.2, 0.25) is 0 Å². The van der Waals surface area contributed by atoms with Crippen molar-refractivity contribution in [2.75, 3.05) is 19.0 Å². The molecule has 0 spiro atoms. The van der Waals surface area contributed by atoms with E-state index in [0.717, 1.165) is 32.7 Å². The van der Waals surface area contributed by atoms with E-state index in [4.69, 9.17) is 0 Å². The Hall–Kier alpha value is -1.95. The molecule has 0 N–H and O–H groups in total. The molecule has 0 aliphatic heterocycles. The van der Waals surface area contributed by atoms with Gasteiger partial charge in [0.1, 0.15) is 9.53 Å². The summed E-state index contributed by atoms with van der Waals surface area (Å²) in [5, 5.41) is 0.990. The predicted octanol–water partition coefficient (Wildman–Crippen LogP) is 4.68. The van der Waals surface area contributed by atoms with Gasteiger partial charge < -0.3 is 4.90 Å². The Morgan fingerprint density at radius 3 is 2.62 bits per heavy atom. The molecule has 1 fully saturated rings. The number of pyridine rings is 1. The van der Waals surface area contributed by atoms with Crippen molar-refractivity contribution in [2.24, 2.45) is 5.92 Å². The van der Waals surface area contributed by atoms with E-state index in [1.807, 2.05) is 43.5 Å². The summed E-state index contributed by atoms with van der Waals surface area (Å²) in [6, 6.07) is 1.98. The van der Waals surface area contributed by atoms with E-state index in [-0.39, 0.29) is 5.56 Å². The number of thiophene rings is 1. The highest BCUT2D eigenvalue weighted by atomic mass is 32.1. The molecule has 0 bridgehead atoms. The minimum Gasteiger partial charge on any atom is -0.377 e. The van der Waals surface area contributed by atoms with Crippen molar-refractivity contribution >= 4 is 37.5 Å². The zero-order valence-electron chi connectivity index (χ0n) is 16.2. The fourth-order valence-electron chi connectivity index (χ4n) is 3.72. The van der Waals surface area contributed by atoms with Crippen LogP contribution in [0.5, 0.6) is 0 Å². The first kappa shape index (κ1) is 18.8. The van der Waals surface area contributed by atoms with Crippen LogP contribution in [0.4, 0.5) is 5.69 Å². The van der Waals surface area contributed by atoms with E-state index in [1.165, 1.54) is 43.4 Å². The lowest BCUT2D eigenvalue weighted by atomic mass is 9.89. The number of nitrogens with zero attached hydrogens (tertiary/aromatic N) is 4. The Labute approximate surface area is 158 Å². The normalized spacial score (nSPS) is 15.1. The molecule has 1 aliphatic rings. The summed E-state index contributed by atoms with van der Waals surface area (Å²) in [7, 11) is 4.01. The quantitative estimate of drug-likeness (QED) is 0.670. The second kappa shape index (κ2) is 8.16. The Kier molecular flexibility index (Phi) is 5.91. The molecule has 0 radical (unpaired) electrons. The first-order chi connectivity index (χ1) is 12.6. The molecule has 1 saturated carbocycles. The summed E-state index contributed by atoms with van der Waals surface area (Å²) in [5.41, 5.74) is 1.93. The maximum absolute atomic E-state index is 12.9. The van der Waals surface area contributed by atoms with Gasteiger partial charge in [0, 0.05) is 26.8 Å². The molecule has 5 nitrogen and oxygen atoms in total. The lowest BCUT2D eigenvalue weighted by Crippen LogP contribution is -2.25. The number of hydrogen-bond acceptors (Lipinski definition) is 5. The van der Waals surface area contributed by atoms with Gasteiger partial charge in [0.15, 0.2) is 0 Å². The molecule has 140 valence electrons. The molecule has 0 atom stereocenters.